The summed E-state index contributed by atoms with van der Waals surface area (Å²) in [6.07, 6.45) is 3.01. The van der Waals surface area contributed by atoms with Crippen molar-refractivity contribution in [3.63, 3.8) is 0 Å². The van der Waals surface area contributed by atoms with Crippen LogP contribution < -0.4 is 10.6 Å². The SMILES string of the molecule is CC(CCCC(=O)O)NC(=O)NC(C)(C)c1nccs1. The number of hydrogen-bond donors (Lipinski definition) is 3. The zero-order valence-electron chi connectivity index (χ0n) is 12.0. The summed E-state index contributed by atoms with van der Waals surface area (Å²) >= 11 is 1.49. The zero-order valence-corrected chi connectivity index (χ0v) is 12.8. The fourth-order valence-electron chi connectivity index (χ4n) is 1.76. The Kier molecular flexibility index (Phi) is 5.94. The van der Waals surface area contributed by atoms with Crippen LogP contribution in [0.4, 0.5) is 4.79 Å². The molecule has 0 aliphatic rings. The molecule has 1 aromatic rings. The molecular formula is C13H21N3O3S. The number of carboxylic acid groups (broad SMARTS) is 1. The van der Waals surface area contributed by atoms with Gasteiger partial charge in [-0.05, 0) is 33.6 Å². The number of nitrogens with one attached hydrogen (secondary N) is 2. The van der Waals surface area contributed by atoms with Crippen molar-refractivity contribution in [1.29, 1.82) is 0 Å². The van der Waals surface area contributed by atoms with Crippen LogP contribution in [-0.2, 0) is 10.3 Å². The van der Waals surface area contributed by atoms with Crippen molar-refractivity contribution >= 4 is 23.3 Å². The van der Waals surface area contributed by atoms with Gasteiger partial charge in [-0.15, -0.1) is 11.3 Å². The van der Waals surface area contributed by atoms with Crippen molar-refractivity contribution in [1.82, 2.24) is 15.6 Å². The Hall–Kier alpha value is -1.63. The van der Waals surface area contributed by atoms with Crippen molar-refractivity contribution in [3.8, 4) is 0 Å². The van der Waals surface area contributed by atoms with Crippen molar-refractivity contribution in [2.24, 2.45) is 0 Å². The molecule has 0 saturated heterocycles. The number of carbonyl (C=O) groups excluding carboxylic acids is 1. The number of hydrogen-bond acceptors (Lipinski definition) is 4. The minimum Gasteiger partial charge on any atom is -0.481 e. The van der Waals surface area contributed by atoms with Crippen molar-refractivity contribution in [2.75, 3.05) is 0 Å². The van der Waals surface area contributed by atoms with Crippen LogP contribution in [0.2, 0.25) is 0 Å². The predicted molar refractivity (Wildman–Crippen MR) is 77.8 cm³/mol. The van der Waals surface area contributed by atoms with Crippen LogP contribution in [0.15, 0.2) is 11.6 Å². The number of thiazole rings is 1. The first-order valence-electron chi connectivity index (χ1n) is 6.51. The van der Waals surface area contributed by atoms with E-state index in [1.165, 1.54) is 11.3 Å². The summed E-state index contributed by atoms with van der Waals surface area (Å²) in [5, 5.41) is 16.9. The zero-order chi connectivity index (χ0) is 15.2. The van der Waals surface area contributed by atoms with E-state index in [0.717, 1.165) is 5.01 Å². The second kappa shape index (κ2) is 7.23. The molecule has 0 aliphatic heterocycles. The summed E-state index contributed by atoms with van der Waals surface area (Å²) in [4.78, 5) is 26.5. The van der Waals surface area contributed by atoms with Crippen LogP contribution in [0.3, 0.4) is 0 Å². The molecule has 0 radical (unpaired) electrons. The second-order valence-corrected chi connectivity index (χ2v) is 6.14. The van der Waals surface area contributed by atoms with E-state index in [1.807, 2.05) is 26.2 Å². The highest BCUT2D eigenvalue weighted by Crippen LogP contribution is 2.21. The molecule has 0 spiro atoms. The third kappa shape index (κ3) is 5.56. The highest BCUT2D eigenvalue weighted by molar-refractivity contribution is 7.09. The fourth-order valence-corrected chi connectivity index (χ4v) is 2.48. The lowest BCUT2D eigenvalue weighted by Gasteiger charge is -2.25. The van der Waals surface area contributed by atoms with Gasteiger partial charge in [0.1, 0.15) is 5.01 Å². The van der Waals surface area contributed by atoms with Gasteiger partial charge in [0.05, 0.1) is 5.54 Å². The Morgan fingerprint density at radius 1 is 1.50 bits per heavy atom. The van der Waals surface area contributed by atoms with Gasteiger partial charge in [-0.3, -0.25) is 4.79 Å². The molecule has 0 aliphatic carbocycles. The van der Waals surface area contributed by atoms with Gasteiger partial charge in [-0.1, -0.05) is 0 Å². The van der Waals surface area contributed by atoms with Crippen molar-refractivity contribution in [3.05, 3.63) is 16.6 Å². The second-order valence-electron chi connectivity index (χ2n) is 5.25. The quantitative estimate of drug-likeness (QED) is 0.720. The Morgan fingerprint density at radius 3 is 2.75 bits per heavy atom. The van der Waals surface area contributed by atoms with E-state index in [1.54, 1.807) is 6.20 Å². The lowest BCUT2D eigenvalue weighted by atomic mass is 10.1. The maximum Gasteiger partial charge on any atom is 0.315 e. The van der Waals surface area contributed by atoms with Gasteiger partial charge >= 0.3 is 12.0 Å². The number of carbonyl (C=O) groups is 2. The molecule has 112 valence electrons. The highest BCUT2D eigenvalue weighted by Gasteiger charge is 2.25. The minimum absolute atomic E-state index is 0.0681. The van der Waals surface area contributed by atoms with Crippen LogP contribution in [0.1, 0.15) is 45.0 Å². The summed E-state index contributed by atoms with van der Waals surface area (Å²) in [6.45, 7) is 5.64. The summed E-state index contributed by atoms with van der Waals surface area (Å²) in [5.41, 5.74) is -0.529. The molecule has 0 saturated carbocycles. The third-order valence-corrected chi connectivity index (χ3v) is 3.90. The van der Waals surface area contributed by atoms with E-state index in [0.29, 0.717) is 12.8 Å². The molecule has 20 heavy (non-hydrogen) atoms. The van der Waals surface area contributed by atoms with E-state index >= 15 is 0 Å². The van der Waals surface area contributed by atoms with Gasteiger partial charge in [0, 0.05) is 24.0 Å². The van der Waals surface area contributed by atoms with Gasteiger partial charge in [0.15, 0.2) is 0 Å². The molecular weight excluding hydrogens is 278 g/mol. The Bertz CT molecular complexity index is 446. The van der Waals surface area contributed by atoms with E-state index < -0.39 is 11.5 Å². The molecule has 1 aromatic heterocycles. The van der Waals surface area contributed by atoms with E-state index in [9.17, 15) is 9.59 Å². The van der Waals surface area contributed by atoms with Crippen LogP contribution in [0.25, 0.3) is 0 Å². The topological polar surface area (TPSA) is 91.3 Å². The summed E-state index contributed by atoms with van der Waals surface area (Å²) < 4.78 is 0. The maximum absolute atomic E-state index is 11.9. The Labute approximate surface area is 122 Å². The number of amides is 2. The average Bonchev–Trinajstić information content (AvgIpc) is 2.80. The monoisotopic (exact) mass is 299 g/mol. The van der Waals surface area contributed by atoms with Gasteiger partial charge in [0.2, 0.25) is 0 Å². The normalized spacial score (nSPS) is 12.8. The Morgan fingerprint density at radius 2 is 2.20 bits per heavy atom. The number of aliphatic carboxylic acids is 1. The fraction of sp³-hybridized carbons (Fsp3) is 0.615. The number of carboxylic acids is 1. The molecule has 6 nitrogen and oxygen atoms in total. The lowest BCUT2D eigenvalue weighted by Crippen LogP contribution is -2.48. The highest BCUT2D eigenvalue weighted by atomic mass is 32.1. The smallest absolute Gasteiger partial charge is 0.315 e. The third-order valence-electron chi connectivity index (χ3n) is 2.80. The first-order valence-corrected chi connectivity index (χ1v) is 7.39. The molecule has 1 unspecified atom stereocenters. The van der Waals surface area contributed by atoms with E-state index in [2.05, 4.69) is 15.6 Å². The van der Waals surface area contributed by atoms with Crippen LogP contribution in [-0.4, -0.2) is 28.1 Å². The number of urea groups is 1. The van der Waals surface area contributed by atoms with Crippen LogP contribution >= 0.6 is 11.3 Å². The van der Waals surface area contributed by atoms with Crippen LogP contribution in [0, 0.1) is 0 Å². The first kappa shape index (κ1) is 16.4. The van der Waals surface area contributed by atoms with E-state index in [4.69, 9.17) is 5.11 Å². The standard InChI is InChI=1S/C13H21N3O3S/c1-9(5-4-6-10(17)18)15-12(19)16-13(2,3)11-14-7-8-20-11/h7-9H,4-6H2,1-3H3,(H,17,18)(H2,15,16,19). The molecule has 0 fully saturated rings. The number of aromatic nitrogens is 1. The largest absolute Gasteiger partial charge is 0.481 e. The molecule has 1 heterocycles. The first-order chi connectivity index (χ1) is 9.31. The summed E-state index contributed by atoms with van der Waals surface area (Å²) in [5.74, 6) is -0.813. The van der Waals surface area contributed by atoms with Gasteiger partial charge < -0.3 is 15.7 Å². The lowest BCUT2D eigenvalue weighted by molar-refractivity contribution is -0.137. The predicted octanol–water partition coefficient (Wildman–Crippen LogP) is 2.32. The molecule has 2 amide bonds. The minimum atomic E-state index is -0.813. The maximum atomic E-state index is 11.9. The molecule has 0 aromatic carbocycles. The average molecular weight is 299 g/mol. The number of nitrogens with zero attached hydrogens (tertiary/aromatic N) is 1. The Balaban J connectivity index is 2.37. The molecule has 0 bridgehead atoms. The molecule has 1 atom stereocenters. The van der Waals surface area contributed by atoms with Crippen LogP contribution in [0.5, 0.6) is 0 Å². The molecule has 1 rings (SSSR count). The number of rotatable bonds is 7. The molecule has 3 N–H and O–H groups in total. The summed E-state index contributed by atoms with van der Waals surface area (Å²) in [7, 11) is 0. The van der Waals surface area contributed by atoms with Gasteiger partial charge in [-0.2, -0.15) is 0 Å². The van der Waals surface area contributed by atoms with Gasteiger partial charge in [-0.25, -0.2) is 9.78 Å². The van der Waals surface area contributed by atoms with Crippen molar-refractivity contribution in [2.45, 2.75) is 51.6 Å². The molecule has 7 heteroatoms. The summed E-state index contributed by atoms with van der Waals surface area (Å²) in [6, 6.07) is -0.338. The van der Waals surface area contributed by atoms with E-state index in [-0.39, 0.29) is 18.5 Å². The van der Waals surface area contributed by atoms with Crippen molar-refractivity contribution < 1.29 is 14.7 Å². The van der Waals surface area contributed by atoms with Gasteiger partial charge in [0.25, 0.3) is 0 Å².